The van der Waals surface area contributed by atoms with Gasteiger partial charge in [-0.3, -0.25) is 4.79 Å². The summed E-state index contributed by atoms with van der Waals surface area (Å²) in [5.74, 6) is 0.135. The van der Waals surface area contributed by atoms with Crippen LogP contribution in [-0.4, -0.2) is 9.97 Å². The van der Waals surface area contributed by atoms with Crippen LogP contribution in [0, 0.1) is 11.3 Å². The summed E-state index contributed by atoms with van der Waals surface area (Å²) in [5.41, 5.74) is 11.9. The topological polar surface area (TPSA) is 122 Å². The fourth-order valence-corrected chi connectivity index (χ4v) is 2.18. The molecular formula is C11H9N5OS. The van der Waals surface area contributed by atoms with Gasteiger partial charge in [0.1, 0.15) is 5.82 Å². The molecule has 1 aromatic carbocycles. The number of nitrogen functional groups attached to an aromatic ring is 2. The van der Waals surface area contributed by atoms with Gasteiger partial charge in [0.25, 0.3) is 5.56 Å². The lowest BCUT2D eigenvalue weighted by Crippen LogP contribution is -2.09. The van der Waals surface area contributed by atoms with E-state index in [-0.39, 0.29) is 11.4 Å². The maximum atomic E-state index is 11.2. The van der Waals surface area contributed by atoms with Gasteiger partial charge in [-0.25, -0.2) is 4.98 Å². The summed E-state index contributed by atoms with van der Waals surface area (Å²) in [5, 5.41) is 9.15. The van der Waals surface area contributed by atoms with Gasteiger partial charge in [0.15, 0.2) is 5.16 Å². The Labute approximate surface area is 107 Å². The highest BCUT2D eigenvalue weighted by Crippen LogP contribution is 2.30. The molecule has 7 heteroatoms. The molecule has 5 N–H and O–H groups in total. The molecule has 2 aromatic rings. The number of nitrogens with zero attached hydrogens (tertiary/aromatic N) is 2. The van der Waals surface area contributed by atoms with E-state index in [4.69, 9.17) is 16.7 Å². The van der Waals surface area contributed by atoms with Gasteiger partial charge in [-0.05, 0) is 30.0 Å². The van der Waals surface area contributed by atoms with E-state index in [1.807, 2.05) is 6.07 Å². The zero-order valence-corrected chi connectivity index (χ0v) is 9.99. The number of nitriles is 1. The van der Waals surface area contributed by atoms with Gasteiger partial charge in [0, 0.05) is 16.6 Å². The lowest BCUT2D eigenvalue weighted by Gasteiger charge is -2.05. The third kappa shape index (κ3) is 2.61. The molecule has 0 radical (unpaired) electrons. The minimum absolute atomic E-state index is 0.135. The second-order valence-corrected chi connectivity index (χ2v) is 4.47. The molecule has 1 heterocycles. The summed E-state index contributed by atoms with van der Waals surface area (Å²) in [4.78, 5) is 18.4. The Bertz CT molecular complexity index is 689. The Morgan fingerprint density at radius 3 is 2.78 bits per heavy atom. The van der Waals surface area contributed by atoms with Crippen LogP contribution in [0.5, 0.6) is 0 Å². The summed E-state index contributed by atoms with van der Waals surface area (Å²) in [6.07, 6.45) is 0. The highest BCUT2D eigenvalue weighted by molar-refractivity contribution is 7.99. The van der Waals surface area contributed by atoms with E-state index >= 15 is 0 Å². The number of hydrogen-bond donors (Lipinski definition) is 3. The van der Waals surface area contributed by atoms with Crippen LogP contribution in [0.2, 0.25) is 0 Å². The monoisotopic (exact) mass is 259 g/mol. The zero-order valence-electron chi connectivity index (χ0n) is 9.18. The number of anilines is 2. The van der Waals surface area contributed by atoms with Crippen LogP contribution in [-0.2, 0) is 0 Å². The molecule has 6 nitrogen and oxygen atoms in total. The summed E-state index contributed by atoms with van der Waals surface area (Å²) in [6, 6.07) is 8.09. The van der Waals surface area contributed by atoms with Gasteiger partial charge in [0.2, 0.25) is 0 Å². The first-order chi connectivity index (χ1) is 8.58. The Kier molecular flexibility index (Phi) is 3.21. The highest BCUT2D eigenvalue weighted by atomic mass is 32.2. The number of benzene rings is 1. The number of H-pyrrole nitrogens is 1. The molecule has 0 unspecified atom stereocenters. The van der Waals surface area contributed by atoms with Crippen LogP contribution in [0.15, 0.2) is 39.1 Å². The zero-order chi connectivity index (χ0) is 13.1. The maximum Gasteiger partial charge on any atom is 0.253 e. The SMILES string of the molecule is N#Cc1ccc(N)c(Sc2nc(N)cc(=O)[nH]2)c1. The quantitative estimate of drug-likeness (QED) is 0.545. The van der Waals surface area contributed by atoms with Gasteiger partial charge >= 0.3 is 0 Å². The third-order valence-electron chi connectivity index (χ3n) is 2.09. The first-order valence-electron chi connectivity index (χ1n) is 4.93. The summed E-state index contributed by atoms with van der Waals surface area (Å²) in [7, 11) is 0. The van der Waals surface area contributed by atoms with E-state index < -0.39 is 0 Å². The molecule has 0 aliphatic carbocycles. The van der Waals surface area contributed by atoms with Crippen molar-refractivity contribution in [2.24, 2.45) is 0 Å². The van der Waals surface area contributed by atoms with E-state index in [1.54, 1.807) is 18.2 Å². The highest BCUT2D eigenvalue weighted by Gasteiger charge is 2.06. The van der Waals surface area contributed by atoms with Gasteiger partial charge in [0.05, 0.1) is 11.6 Å². The van der Waals surface area contributed by atoms with E-state index in [2.05, 4.69) is 9.97 Å². The summed E-state index contributed by atoms with van der Waals surface area (Å²) in [6.45, 7) is 0. The van der Waals surface area contributed by atoms with Gasteiger partial charge in [-0.2, -0.15) is 5.26 Å². The lowest BCUT2D eigenvalue weighted by atomic mass is 10.2. The molecule has 0 bridgehead atoms. The van der Waals surface area contributed by atoms with Crippen molar-refractivity contribution in [3.63, 3.8) is 0 Å². The van der Waals surface area contributed by atoms with Crippen LogP contribution in [0.1, 0.15) is 5.56 Å². The predicted octanol–water partition coefficient (Wildman–Crippen LogP) is 0.957. The molecule has 18 heavy (non-hydrogen) atoms. The van der Waals surface area contributed by atoms with Gasteiger partial charge in [-0.15, -0.1) is 0 Å². The smallest absolute Gasteiger partial charge is 0.253 e. The Balaban J connectivity index is 2.39. The molecule has 0 aliphatic heterocycles. The first kappa shape index (κ1) is 12.0. The summed E-state index contributed by atoms with van der Waals surface area (Å²) < 4.78 is 0. The van der Waals surface area contributed by atoms with Crippen LogP contribution < -0.4 is 17.0 Å². The van der Waals surface area contributed by atoms with Crippen LogP contribution in [0.25, 0.3) is 0 Å². The largest absolute Gasteiger partial charge is 0.398 e. The molecule has 0 atom stereocenters. The van der Waals surface area contributed by atoms with Crippen molar-refractivity contribution >= 4 is 23.3 Å². The molecule has 0 saturated heterocycles. The molecular weight excluding hydrogens is 250 g/mol. The third-order valence-corrected chi connectivity index (χ3v) is 3.05. The molecule has 2 rings (SSSR count). The Morgan fingerprint density at radius 2 is 2.11 bits per heavy atom. The fraction of sp³-hybridized carbons (Fsp3) is 0. The van der Waals surface area contributed by atoms with Crippen LogP contribution >= 0.6 is 11.8 Å². The van der Waals surface area contributed by atoms with Crippen molar-refractivity contribution in [2.75, 3.05) is 11.5 Å². The summed E-state index contributed by atoms with van der Waals surface area (Å²) >= 11 is 1.15. The molecule has 0 saturated carbocycles. The number of nitrogens with one attached hydrogen (secondary N) is 1. The number of hydrogen-bond acceptors (Lipinski definition) is 6. The van der Waals surface area contributed by atoms with E-state index in [9.17, 15) is 4.79 Å². The average Bonchev–Trinajstić information content (AvgIpc) is 2.30. The van der Waals surface area contributed by atoms with Crippen molar-refractivity contribution < 1.29 is 0 Å². The standard InChI is InChI=1S/C11H9N5OS/c12-5-6-1-2-7(13)8(3-6)18-11-15-9(14)4-10(17)16-11/h1-4H,13H2,(H3,14,15,16,17). The molecule has 0 spiro atoms. The number of aromatic amines is 1. The van der Waals surface area contributed by atoms with Crippen molar-refractivity contribution in [2.45, 2.75) is 10.1 Å². The van der Waals surface area contributed by atoms with Crippen LogP contribution in [0.4, 0.5) is 11.5 Å². The molecule has 90 valence electrons. The average molecular weight is 259 g/mol. The van der Waals surface area contributed by atoms with Crippen LogP contribution in [0.3, 0.4) is 0 Å². The molecule has 0 fully saturated rings. The van der Waals surface area contributed by atoms with Crippen molar-refractivity contribution in [3.8, 4) is 6.07 Å². The number of aromatic nitrogens is 2. The number of rotatable bonds is 2. The first-order valence-corrected chi connectivity index (χ1v) is 5.74. The van der Waals surface area contributed by atoms with E-state index in [1.165, 1.54) is 6.07 Å². The molecule has 0 aliphatic rings. The Morgan fingerprint density at radius 1 is 1.33 bits per heavy atom. The molecule has 0 amide bonds. The maximum absolute atomic E-state index is 11.2. The minimum atomic E-state index is -0.333. The fourth-order valence-electron chi connectivity index (χ4n) is 1.30. The lowest BCUT2D eigenvalue weighted by molar-refractivity contribution is 0.945. The van der Waals surface area contributed by atoms with Crippen molar-refractivity contribution in [1.82, 2.24) is 9.97 Å². The second-order valence-electron chi connectivity index (χ2n) is 3.44. The van der Waals surface area contributed by atoms with Crippen molar-refractivity contribution in [3.05, 3.63) is 40.2 Å². The van der Waals surface area contributed by atoms with E-state index in [0.717, 1.165) is 11.8 Å². The predicted molar refractivity (Wildman–Crippen MR) is 69.0 cm³/mol. The van der Waals surface area contributed by atoms with Crippen molar-refractivity contribution in [1.29, 1.82) is 5.26 Å². The van der Waals surface area contributed by atoms with E-state index in [0.29, 0.717) is 21.3 Å². The van der Waals surface area contributed by atoms with Gasteiger partial charge < -0.3 is 16.5 Å². The normalized spacial score (nSPS) is 9.94. The Hall–Kier alpha value is -2.46. The molecule has 1 aromatic heterocycles. The number of nitrogens with two attached hydrogens (primary N) is 2. The second kappa shape index (κ2) is 4.81. The van der Waals surface area contributed by atoms with Gasteiger partial charge in [-0.1, -0.05) is 0 Å². The minimum Gasteiger partial charge on any atom is -0.398 e.